The van der Waals surface area contributed by atoms with Crippen molar-refractivity contribution in [2.75, 3.05) is 0 Å². The van der Waals surface area contributed by atoms with Gasteiger partial charge >= 0.3 is 0 Å². The van der Waals surface area contributed by atoms with E-state index in [4.69, 9.17) is 5.41 Å². The minimum Gasteiger partial charge on any atom is -0.313 e. The van der Waals surface area contributed by atoms with Crippen LogP contribution in [0.5, 0.6) is 0 Å². The van der Waals surface area contributed by atoms with Crippen LogP contribution in [0.3, 0.4) is 0 Å². The number of Topliss-reactive ketones (excluding diaryl/α,β-unsaturated/α-hetero) is 1. The number of carbonyl (C=O) groups is 1. The zero-order valence-electron chi connectivity index (χ0n) is 11.5. The monoisotopic (exact) mass is 249 g/mol. The van der Waals surface area contributed by atoms with E-state index in [1.165, 1.54) is 44.7 Å². The molecule has 0 bridgehead atoms. The average molecular weight is 249 g/mol. The van der Waals surface area contributed by atoms with Gasteiger partial charge in [0.1, 0.15) is 5.78 Å². The quantitative estimate of drug-likeness (QED) is 0.551. The number of hydrogen-bond acceptors (Lipinski definition) is 2. The summed E-state index contributed by atoms with van der Waals surface area (Å²) in [5.41, 5.74) is 0. The Bertz CT molecular complexity index is 285. The molecular formula is C16H27NO. The zero-order chi connectivity index (χ0) is 12.8. The molecule has 18 heavy (non-hydrogen) atoms. The molecule has 2 nitrogen and oxygen atoms in total. The van der Waals surface area contributed by atoms with Crippen LogP contribution in [-0.2, 0) is 4.79 Å². The molecule has 0 aromatic carbocycles. The summed E-state index contributed by atoms with van der Waals surface area (Å²) in [4.78, 5) is 12.4. The van der Waals surface area contributed by atoms with Gasteiger partial charge in [-0.3, -0.25) is 4.79 Å². The highest BCUT2D eigenvalue weighted by Gasteiger charge is 2.37. The first-order valence-electron chi connectivity index (χ1n) is 7.84. The Morgan fingerprint density at radius 3 is 2.67 bits per heavy atom. The van der Waals surface area contributed by atoms with Crippen molar-refractivity contribution in [1.82, 2.24) is 0 Å². The summed E-state index contributed by atoms with van der Waals surface area (Å²) in [6.07, 6.45) is 14.3. The van der Waals surface area contributed by atoms with Gasteiger partial charge in [0.2, 0.25) is 0 Å². The number of ketones is 1. The van der Waals surface area contributed by atoms with E-state index in [1.807, 2.05) is 0 Å². The van der Waals surface area contributed by atoms with Gasteiger partial charge < -0.3 is 5.41 Å². The van der Waals surface area contributed by atoms with Gasteiger partial charge in [0.15, 0.2) is 0 Å². The van der Waals surface area contributed by atoms with E-state index in [0.29, 0.717) is 11.7 Å². The van der Waals surface area contributed by atoms with Gasteiger partial charge in [-0.05, 0) is 50.2 Å². The van der Waals surface area contributed by atoms with Crippen molar-refractivity contribution in [3.8, 4) is 0 Å². The number of hydrogen-bond donors (Lipinski definition) is 1. The Kier molecular flexibility index (Phi) is 5.40. The van der Waals surface area contributed by atoms with Crippen molar-refractivity contribution < 1.29 is 4.79 Å². The van der Waals surface area contributed by atoms with E-state index >= 15 is 0 Å². The molecule has 0 aliphatic heterocycles. The number of fused-ring (bicyclic) bond motifs is 1. The third-order valence-corrected chi connectivity index (χ3v) is 5.01. The minimum absolute atomic E-state index is 0.393. The second-order valence-corrected chi connectivity index (χ2v) is 6.16. The maximum Gasteiger partial charge on any atom is 0.136 e. The molecular weight excluding hydrogens is 222 g/mol. The predicted molar refractivity (Wildman–Crippen MR) is 75.0 cm³/mol. The fourth-order valence-electron chi connectivity index (χ4n) is 4.07. The molecule has 0 saturated heterocycles. The van der Waals surface area contributed by atoms with Gasteiger partial charge in [-0.2, -0.15) is 0 Å². The SMILES string of the molecule is N=CCCCCC(=O)C1CCCC2CCCCC21. The van der Waals surface area contributed by atoms with Crippen molar-refractivity contribution in [3.05, 3.63) is 0 Å². The van der Waals surface area contributed by atoms with Gasteiger partial charge in [0.25, 0.3) is 0 Å². The molecule has 102 valence electrons. The van der Waals surface area contributed by atoms with Crippen molar-refractivity contribution in [2.45, 2.75) is 70.6 Å². The fourth-order valence-corrected chi connectivity index (χ4v) is 4.07. The van der Waals surface area contributed by atoms with Crippen LogP contribution >= 0.6 is 0 Å². The van der Waals surface area contributed by atoms with E-state index in [2.05, 4.69) is 0 Å². The first-order chi connectivity index (χ1) is 8.83. The maximum atomic E-state index is 12.4. The molecule has 3 unspecified atom stereocenters. The summed E-state index contributed by atoms with van der Waals surface area (Å²) in [6.45, 7) is 0. The lowest BCUT2D eigenvalue weighted by molar-refractivity contribution is -0.127. The van der Waals surface area contributed by atoms with Crippen LogP contribution in [0.1, 0.15) is 70.6 Å². The highest BCUT2D eigenvalue weighted by Crippen LogP contribution is 2.44. The van der Waals surface area contributed by atoms with Gasteiger partial charge in [0, 0.05) is 12.3 Å². The lowest BCUT2D eigenvalue weighted by Gasteiger charge is -2.40. The van der Waals surface area contributed by atoms with E-state index in [-0.39, 0.29) is 0 Å². The van der Waals surface area contributed by atoms with Crippen molar-refractivity contribution >= 4 is 12.0 Å². The largest absolute Gasteiger partial charge is 0.313 e. The first-order valence-corrected chi connectivity index (χ1v) is 7.84. The smallest absolute Gasteiger partial charge is 0.136 e. The molecule has 2 rings (SSSR count). The Labute approximate surface area is 111 Å². The highest BCUT2D eigenvalue weighted by atomic mass is 16.1. The molecule has 3 atom stereocenters. The van der Waals surface area contributed by atoms with Crippen LogP contribution in [0.25, 0.3) is 0 Å². The summed E-state index contributed by atoms with van der Waals surface area (Å²) < 4.78 is 0. The molecule has 2 saturated carbocycles. The minimum atomic E-state index is 0.393. The zero-order valence-corrected chi connectivity index (χ0v) is 11.5. The van der Waals surface area contributed by atoms with Gasteiger partial charge in [-0.15, -0.1) is 0 Å². The molecule has 0 heterocycles. The maximum absolute atomic E-state index is 12.4. The molecule has 2 heteroatoms. The van der Waals surface area contributed by atoms with Crippen LogP contribution in [0, 0.1) is 23.2 Å². The predicted octanol–water partition coefficient (Wildman–Crippen LogP) is 4.37. The van der Waals surface area contributed by atoms with Crippen molar-refractivity contribution in [2.24, 2.45) is 17.8 Å². The van der Waals surface area contributed by atoms with Crippen LogP contribution < -0.4 is 0 Å². The molecule has 0 aromatic heterocycles. The van der Waals surface area contributed by atoms with Gasteiger partial charge in [0.05, 0.1) is 0 Å². The van der Waals surface area contributed by atoms with Crippen LogP contribution in [0.2, 0.25) is 0 Å². The van der Waals surface area contributed by atoms with Crippen LogP contribution in [0.4, 0.5) is 0 Å². The standard InChI is InChI=1S/C16H27NO/c17-12-5-1-2-11-16(18)15-10-6-8-13-7-3-4-9-14(13)15/h12-15,17H,1-11H2. The van der Waals surface area contributed by atoms with Gasteiger partial charge in [-0.1, -0.05) is 32.1 Å². The molecule has 0 radical (unpaired) electrons. The molecule has 0 amide bonds. The summed E-state index contributed by atoms with van der Waals surface area (Å²) in [7, 11) is 0. The Hall–Kier alpha value is -0.660. The third-order valence-electron chi connectivity index (χ3n) is 5.01. The number of rotatable bonds is 6. The van der Waals surface area contributed by atoms with Crippen LogP contribution in [0.15, 0.2) is 0 Å². The summed E-state index contributed by atoms with van der Waals surface area (Å²) >= 11 is 0. The Morgan fingerprint density at radius 2 is 1.83 bits per heavy atom. The van der Waals surface area contributed by atoms with Crippen molar-refractivity contribution in [1.29, 1.82) is 5.41 Å². The van der Waals surface area contributed by atoms with Gasteiger partial charge in [-0.25, -0.2) is 0 Å². The van der Waals surface area contributed by atoms with E-state index in [9.17, 15) is 4.79 Å². The van der Waals surface area contributed by atoms with Crippen LogP contribution in [-0.4, -0.2) is 12.0 Å². The lowest BCUT2D eigenvalue weighted by Crippen LogP contribution is -2.35. The topological polar surface area (TPSA) is 40.9 Å². The molecule has 2 aliphatic carbocycles. The normalized spacial score (nSPS) is 31.7. The number of carbonyl (C=O) groups excluding carboxylic acids is 1. The molecule has 0 aromatic rings. The molecule has 0 spiro atoms. The van der Waals surface area contributed by atoms with E-state index in [1.54, 1.807) is 0 Å². The first kappa shape index (κ1) is 13.8. The Morgan fingerprint density at radius 1 is 1.06 bits per heavy atom. The number of nitrogens with one attached hydrogen (secondary N) is 1. The van der Waals surface area contributed by atoms with E-state index in [0.717, 1.165) is 43.9 Å². The summed E-state index contributed by atoms with van der Waals surface area (Å²) in [6, 6.07) is 0. The second kappa shape index (κ2) is 7.06. The van der Waals surface area contributed by atoms with Crippen molar-refractivity contribution in [3.63, 3.8) is 0 Å². The highest BCUT2D eigenvalue weighted by molar-refractivity contribution is 5.81. The second-order valence-electron chi connectivity index (χ2n) is 6.16. The average Bonchev–Trinajstić information content (AvgIpc) is 2.43. The molecule has 2 fully saturated rings. The molecule has 2 aliphatic rings. The van der Waals surface area contributed by atoms with E-state index < -0.39 is 0 Å². The molecule has 1 N–H and O–H groups in total. The number of unbranched alkanes of at least 4 members (excludes halogenated alkanes) is 2. The Balaban J connectivity index is 1.82. The fraction of sp³-hybridized carbons (Fsp3) is 0.875. The third kappa shape index (κ3) is 3.43. The summed E-state index contributed by atoms with van der Waals surface area (Å²) in [5, 5.41) is 7.00. The lowest BCUT2D eigenvalue weighted by atomic mass is 9.64. The summed E-state index contributed by atoms with van der Waals surface area (Å²) in [5.74, 6) is 2.52.